The summed E-state index contributed by atoms with van der Waals surface area (Å²) >= 11 is 0. The Kier molecular flexibility index (Phi) is 7.99. The lowest BCUT2D eigenvalue weighted by Crippen LogP contribution is -2.36. The van der Waals surface area contributed by atoms with Crippen molar-refractivity contribution in [2.24, 2.45) is 0 Å². The SMILES string of the molecule is CCCOc1ccc(NC(=O)C(=O)NCCCN(C)C)cc1. The average molecular weight is 307 g/mol. The number of hydrogen-bond acceptors (Lipinski definition) is 4. The molecule has 1 aromatic rings. The summed E-state index contributed by atoms with van der Waals surface area (Å²) in [5.41, 5.74) is 0.567. The Morgan fingerprint density at radius 2 is 1.82 bits per heavy atom. The minimum Gasteiger partial charge on any atom is -0.494 e. The fourth-order valence-electron chi connectivity index (χ4n) is 1.72. The fraction of sp³-hybridized carbons (Fsp3) is 0.500. The second-order valence-corrected chi connectivity index (χ2v) is 5.24. The van der Waals surface area contributed by atoms with Crippen molar-refractivity contribution in [3.05, 3.63) is 24.3 Å². The minimum atomic E-state index is -0.660. The number of carbonyl (C=O) groups is 2. The van der Waals surface area contributed by atoms with Gasteiger partial charge >= 0.3 is 11.8 Å². The van der Waals surface area contributed by atoms with Gasteiger partial charge in [0.25, 0.3) is 0 Å². The number of rotatable bonds is 8. The van der Waals surface area contributed by atoms with E-state index in [9.17, 15) is 9.59 Å². The molecule has 0 atom stereocenters. The zero-order chi connectivity index (χ0) is 16.4. The van der Waals surface area contributed by atoms with Gasteiger partial charge in [-0.1, -0.05) is 6.92 Å². The molecule has 6 heteroatoms. The monoisotopic (exact) mass is 307 g/mol. The van der Waals surface area contributed by atoms with Crippen LogP contribution in [0.4, 0.5) is 5.69 Å². The van der Waals surface area contributed by atoms with Crippen molar-refractivity contribution in [1.82, 2.24) is 10.2 Å². The van der Waals surface area contributed by atoms with Gasteiger partial charge in [0.1, 0.15) is 5.75 Å². The van der Waals surface area contributed by atoms with E-state index in [0.717, 1.165) is 25.1 Å². The molecular formula is C16H25N3O3. The first-order chi connectivity index (χ1) is 10.5. The molecule has 0 unspecified atom stereocenters. The summed E-state index contributed by atoms with van der Waals surface area (Å²) in [5, 5.41) is 5.15. The maximum atomic E-state index is 11.7. The largest absolute Gasteiger partial charge is 0.494 e. The van der Waals surface area contributed by atoms with Crippen LogP contribution < -0.4 is 15.4 Å². The summed E-state index contributed by atoms with van der Waals surface area (Å²) in [6.45, 7) is 4.03. The summed E-state index contributed by atoms with van der Waals surface area (Å²) in [4.78, 5) is 25.4. The van der Waals surface area contributed by atoms with Crippen LogP contribution in [-0.4, -0.2) is 50.5 Å². The second-order valence-electron chi connectivity index (χ2n) is 5.24. The van der Waals surface area contributed by atoms with Crippen LogP contribution >= 0.6 is 0 Å². The summed E-state index contributed by atoms with van der Waals surface area (Å²) < 4.78 is 5.45. The molecule has 2 N–H and O–H groups in total. The number of ether oxygens (including phenoxy) is 1. The van der Waals surface area contributed by atoms with Gasteiger partial charge in [-0.25, -0.2) is 0 Å². The molecule has 0 aliphatic carbocycles. The Morgan fingerprint density at radius 3 is 2.41 bits per heavy atom. The smallest absolute Gasteiger partial charge is 0.313 e. The highest BCUT2D eigenvalue weighted by Gasteiger charge is 2.12. The third-order valence-electron chi connectivity index (χ3n) is 2.86. The highest BCUT2D eigenvalue weighted by atomic mass is 16.5. The number of amides is 2. The molecule has 0 bridgehead atoms. The summed E-state index contributed by atoms with van der Waals surface area (Å²) in [5.74, 6) is -0.537. The van der Waals surface area contributed by atoms with E-state index in [-0.39, 0.29) is 0 Å². The first-order valence-electron chi connectivity index (χ1n) is 7.49. The van der Waals surface area contributed by atoms with Crippen molar-refractivity contribution < 1.29 is 14.3 Å². The Balaban J connectivity index is 2.35. The molecule has 0 heterocycles. The molecule has 1 aromatic carbocycles. The lowest BCUT2D eigenvalue weighted by Gasteiger charge is -2.10. The molecule has 0 radical (unpaired) electrons. The maximum absolute atomic E-state index is 11.7. The van der Waals surface area contributed by atoms with Crippen LogP contribution in [0.5, 0.6) is 5.75 Å². The molecule has 122 valence electrons. The zero-order valence-electron chi connectivity index (χ0n) is 13.5. The van der Waals surface area contributed by atoms with Crippen molar-refractivity contribution in [3.8, 4) is 5.75 Å². The third-order valence-corrected chi connectivity index (χ3v) is 2.86. The zero-order valence-corrected chi connectivity index (χ0v) is 13.5. The molecule has 0 spiro atoms. The number of benzene rings is 1. The molecule has 0 aromatic heterocycles. The van der Waals surface area contributed by atoms with Crippen molar-refractivity contribution in [1.29, 1.82) is 0 Å². The van der Waals surface area contributed by atoms with Crippen LogP contribution in [0, 0.1) is 0 Å². The van der Waals surface area contributed by atoms with E-state index in [0.29, 0.717) is 18.8 Å². The number of carbonyl (C=O) groups excluding carboxylic acids is 2. The Labute approximate surface area is 131 Å². The van der Waals surface area contributed by atoms with Crippen molar-refractivity contribution in [3.63, 3.8) is 0 Å². The molecule has 0 saturated heterocycles. The predicted octanol–water partition coefficient (Wildman–Crippen LogP) is 1.48. The molecule has 22 heavy (non-hydrogen) atoms. The molecule has 2 amide bonds. The number of anilines is 1. The predicted molar refractivity (Wildman–Crippen MR) is 87.0 cm³/mol. The van der Waals surface area contributed by atoms with Crippen LogP contribution in [0.2, 0.25) is 0 Å². The van der Waals surface area contributed by atoms with Crippen LogP contribution in [0.1, 0.15) is 19.8 Å². The van der Waals surface area contributed by atoms with Gasteiger partial charge in [-0.2, -0.15) is 0 Å². The van der Waals surface area contributed by atoms with E-state index in [1.807, 2.05) is 25.9 Å². The summed E-state index contributed by atoms with van der Waals surface area (Å²) in [6.07, 6.45) is 1.74. The van der Waals surface area contributed by atoms with Crippen LogP contribution in [0.25, 0.3) is 0 Å². The molecule has 1 rings (SSSR count). The van der Waals surface area contributed by atoms with Gasteiger partial charge in [0, 0.05) is 12.2 Å². The average Bonchev–Trinajstić information content (AvgIpc) is 2.50. The molecule has 0 saturated carbocycles. The van der Waals surface area contributed by atoms with Gasteiger partial charge in [-0.3, -0.25) is 9.59 Å². The number of nitrogens with one attached hydrogen (secondary N) is 2. The third kappa shape index (κ3) is 7.08. The van der Waals surface area contributed by atoms with E-state index < -0.39 is 11.8 Å². The van der Waals surface area contributed by atoms with Crippen LogP contribution in [0.15, 0.2) is 24.3 Å². The summed E-state index contributed by atoms with van der Waals surface area (Å²) in [6, 6.07) is 6.95. The fourth-order valence-corrected chi connectivity index (χ4v) is 1.72. The van der Waals surface area contributed by atoms with Crippen molar-refractivity contribution in [2.45, 2.75) is 19.8 Å². The van der Waals surface area contributed by atoms with E-state index in [4.69, 9.17) is 4.74 Å². The molecule has 0 aliphatic rings. The first kappa shape index (κ1) is 18.0. The highest BCUT2D eigenvalue weighted by molar-refractivity contribution is 6.39. The van der Waals surface area contributed by atoms with Gasteiger partial charge in [0.15, 0.2) is 0 Å². The normalized spacial score (nSPS) is 10.4. The van der Waals surface area contributed by atoms with E-state index >= 15 is 0 Å². The number of nitrogens with zero attached hydrogens (tertiary/aromatic N) is 1. The molecular weight excluding hydrogens is 282 g/mol. The van der Waals surface area contributed by atoms with Crippen LogP contribution in [0.3, 0.4) is 0 Å². The van der Waals surface area contributed by atoms with E-state index in [2.05, 4.69) is 10.6 Å². The minimum absolute atomic E-state index is 0.480. The van der Waals surface area contributed by atoms with Crippen molar-refractivity contribution >= 4 is 17.5 Å². The molecule has 6 nitrogen and oxygen atoms in total. The Bertz CT molecular complexity index is 472. The lowest BCUT2D eigenvalue weighted by molar-refractivity contribution is -0.136. The first-order valence-corrected chi connectivity index (χ1v) is 7.49. The lowest BCUT2D eigenvalue weighted by atomic mass is 10.3. The summed E-state index contributed by atoms with van der Waals surface area (Å²) in [7, 11) is 3.92. The molecule has 0 aliphatic heterocycles. The topological polar surface area (TPSA) is 70.7 Å². The van der Waals surface area contributed by atoms with Gasteiger partial charge < -0.3 is 20.3 Å². The van der Waals surface area contributed by atoms with Crippen LogP contribution in [-0.2, 0) is 9.59 Å². The van der Waals surface area contributed by atoms with Crippen molar-refractivity contribution in [2.75, 3.05) is 39.1 Å². The Morgan fingerprint density at radius 1 is 1.14 bits per heavy atom. The molecule has 0 fully saturated rings. The van der Waals surface area contributed by atoms with E-state index in [1.165, 1.54) is 0 Å². The maximum Gasteiger partial charge on any atom is 0.313 e. The van der Waals surface area contributed by atoms with Gasteiger partial charge in [-0.15, -0.1) is 0 Å². The highest BCUT2D eigenvalue weighted by Crippen LogP contribution is 2.15. The van der Waals surface area contributed by atoms with Gasteiger partial charge in [0.05, 0.1) is 6.61 Å². The standard InChI is InChI=1S/C16H25N3O3/c1-4-12-22-14-8-6-13(7-9-14)18-16(21)15(20)17-10-5-11-19(2)3/h6-9H,4-5,10-12H2,1-3H3,(H,17,20)(H,18,21). The van der Waals surface area contributed by atoms with Gasteiger partial charge in [0.2, 0.25) is 0 Å². The quantitative estimate of drug-likeness (QED) is 0.564. The van der Waals surface area contributed by atoms with Gasteiger partial charge in [-0.05, 0) is 57.7 Å². The Hall–Kier alpha value is -2.08. The second kappa shape index (κ2) is 9.78. The van der Waals surface area contributed by atoms with E-state index in [1.54, 1.807) is 24.3 Å². The number of hydrogen-bond donors (Lipinski definition) is 2.